The molecule has 1 heterocycles. The van der Waals surface area contributed by atoms with E-state index in [-0.39, 0.29) is 17.6 Å². The van der Waals surface area contributed by atoms with Crippen molar-refractivity contribution in [1.82, 2.24) is 4.90 Å². The van der Waals surface area contributed by atoms with Crippen LogP contribution in [0, 0.1) is 0 Å². The number of para-hydroxylation sites is 1. The molecule has 0 radical (unpaired) electrons. The van der Waals surface area contributed by atoms with E-state index in [2.05, 4.69) is 0 Å². The summed E-state index contributed by atoms with van der Waals surface area (Å²) in [6.45, 7) is 1.64. The maximum absolute atomic E-state index is 12.4. The molecule has 0 N–H and O–H groups in total. The Labute approximate surface area is 162 Å². The van der Waals surface area contributed by atoms with Gasteiger partial charge in [-0.3, -0.25) is 13.8 Å². The van der Waals surface area contributed by atoms with Gasteiger partial charge in [-0.15, -0.1) is 0 Å². The lowest BCUT2D eigenvalue weighted by molar-refractivity contribution is -0.115. The average molecular weight is 385 g/mol. The molecule has 1 unspecified atom stereocenters. The topological polar surface area (TPSA) is 57.7 Å². The lowest BCUT2D eigenvalue weighted by atomic mass is 10.1. The minimum absolute atomic E-state index is 0.0279. The second-order valence-corrected chi connectivity index (χ2v) is 8.17. The summed E-state index contributed by atoms with van der Waals surface area (Å²) in [5.74, 6) is 0.145. The highest BCUT2D eigenvalue weighted by Crippen LogP contribution is 2.15. The molecule has 5 nitrogen and oxygen atoms in total. The van der Waals surface area contributed by atoms with E-state index in [1.807, 2.05) is 47.4 Å². The highest BCUT2D eigenvalue weighted by molar-refractivity contribution is 7.84. The molecule has 0 saturated carbocycles. The van der Waals surface area contributed by atoms with Gasteiger partial charge in [-0.1, -0.05) is 30.3 Å². The van der Waals surface area contributed by atoms with Crippen LogP contribution in [0.5, 0.6) is 0 Å². The Morgan fingerprint density at radius 2 is 1.63 bits per heavy atom. The molecule has 1 aliphatic rings. The molecule has 1 aliphatic heterocycles. The van der Waals surface area contributed by atoms with Crippen LogP contribution in [0.3, 0.4) is 0 Å². The molecule has 2 amide bonds. The highest BCUT2D eigenvalue weighted by Gasteiger charge is 2.19. The molecule has 0 aliphatic carbocycles. The highest BCUT2D eigenvalue weighted by atomic mass is 32.2. The zero-order valence-corrected chi connectivity index (χ0v) is 16.3. The standard InChI is InChI=1S/C21H24N2O3S/c1-22(19-7-3-2-4-8-19)20(24)16-27(26)15-17-9-11-18(12-10-17)21(25)23-13-5-6-14-23/h2-4,7-12H,5-6,13-16H2,1H3. The Bertz CT molecular complexity index is 815. The summed E-state index contributed by atoms with van der Waals surface area (Å²) in [6, 6.07) is 16.5. The quantitative estimate of drug-likeness (QED) is 0.770. The summed E-state index contributed by atoms with van der Waals surface area (Å²) in [5, 5.41) is 0. The first-order chi connectivity index (χ1) is 13.0. The van der Waals surface area contributed by atoms with Gasteiger partial charge in [0.1, 0.15) is 5.75 Å². The summed E-state index contributed by atoms with van der Waals surface area (Å²) in [7, 11) is 0.387. The summed E-state index contributed by atoms with van der Waals surface area (Å²) < 4.78 is 12.4. The summed E-state index contributed by atoms with van der Waals surface area (Å²) in [5.41, 5.74) is 2.30. The number of hydrogen-bond donors (Lipinski definition) is 0. The first-order valence-corrected chi connectivity index (χ1v) is 10.6. The van der Waals surface area contributed by atoms with E-state index in [0.717, 1.165) is 37.2 Å². The lowest BCUT2D eigenvalue weighted by Crippen LogP contribution is -2.31. The van der Waals surface area contributed by atoms with E-state index in [0.29, 0.717) is 11.3 Å². The van der Waals surface area contributed by atoms with Crippen LogP contribution in [0.15, 0.2) is 54.6 Å². The van der Waals surface area contributed by atoms with Crippen LogP contribution in [-0.2, 0) is 21.3 Å². The predicted octanol–water partition coefficient (Wildman–Crippen LogP) is 2.83. The molecule has 6 heteroatoms. The first-order valence-electron chi connectivity index (χ1n) is 9.09. The molecule has 0 aromatic heterocycles. The Morgan fingerprint density at radius 3 is 2.26 bits per heavy atom. The van der Waals surface area contributed by atoms with Gasteiger partial charge in [0.15, 0.2) is 0 Å². The van der Waals surface area contributed by atoms with Crippen molar-refractivity contribution in [2.75, 3.05) is 30.8 Å². The van der Waals surface area contributed by atoms with E-state index in [4.69, 9.17) is 0 Å². The maximum atomic E-state index is 12.4. The van der Waals surface area contributed by atoms with Crippen molar-refractivity contribution in [1.29, 1.82) is 0 Å². The van der Waals surface area contributed by atoms with Gasteiger partial charge in [-0.25, -0.2) is 0 Å². The fraction of sp³-hybridized carbons (Fsp3) is 0.333. The van der Waals surface area contributed by atoms with Crippen LogP contribution in [0.1, 0.15) is 28.8 Å². The zero-order valence-electron chi connectivity index (χ0n) is 15.5. The average Bonchev–Trinajstić information content (AvgIpc) is 3.23. The number of amides is 2. The second-order valence-electron chi connectivity index (χ2n) is 6.71. The number of carbonyl (C=O) groups excluding carboxylic acids is 2. The van der Waals surface area contributed by atoms with Gasteiger partial charge in [-0.05, 0) is 42.7 Å². The molecule has 2 aromatic rings. The minimum atomic E-state index is -1.30. The summed E-state index contributed by atoms with van der Waals surface area (Å²) >= 11 is 0. The third-order valence-corrected chi connectivity index (χ3v) is 5.95. The van der Waals surface area contributed by atoms with Crippen LogP contribution in [0.25, 0.3) is 0 Å². The minimum Gasteiger partial charge on any atom is -0.339 e. The second kappa shape index (κ2) is 8.95. The molecule has 1 fully saturated rings. The van der Waals surface area contributed by atoms with Crippen molar-refractivity contribution in [3.05, 3.63) is 65.7 Å². The summed E-state index contributed by atoms with van der Waals surface area (Å²) in [6.07, 6.45) is 2.13. The van der Waals surface area contributed by atoms with E-state index in [9.17, 15) is 13.8 Å². The van der Waals surface area contributed by atoms with E-state index >= 15 is 0 Å². The first kappa shape index (κ1) is 19.3. The van der Waals surface area contributed by atoms with Gasteiger partial charge in [0.05, 0.1) is 0 Å². The van der Waals surface area contributed by atoms with Gasteiger partial charge in [0.25, 0.3) is 5.91 Å². The van der Waals surface area contributed by atoms with Crippen molar-refractivity contribution in [2.24, 2.45) is 0 Å². The largest absolute Gasteiger partial charge is 0.339 e. The van der Waals surface area contributed by atoms with E-state index in [1.54, 1.807) is 19.2 Å². The molecule has 2 aromatic carbocycles. The van der Waals surface area contributed by atoms with Gasteiger partial charge < -0.3 is 9.80 Å². The Kier molecular flexibility index (Phi) is 6.40. The molecule has 142 valence electrons. The molecule has 27 heavy (non-hydrogen) atoms. The Balaban J connectivity index is 1.54. The molecule has 1 saturated heterocycles. The smallest absolute Gasteiger partial charge is 0.253 e. The monoisotopic (exact) mass is 384 g/mol. The molecule has 0 bridgehead atoms. The number of benzene rings is 2. The molecule has 0 spiro atoms. The molecule has 1 atom stereocenters. The van der Waals surface area contributed by atoms with Crippen molar-refractivity contribution >= 4 is 28.3 Å². The van der Waals surface area contributed by atoms with Crippen molar-refractivity contribution < 1.29 is 13.8 Å². The molecular weight excluding hydrogens is 360 g/mol. The third kappa shape index (κ3) is 5.04. The van der Waals surface area contributed by atoms with Gasteiger partial charge >= 0.3 is 0 Å². The fourth-order valence-corrected chi connectivity index (χ4v) is 4.25. The predicted molar refractivity (Wildman–Crippen MR) is 108 cm³/mol. The van der Waals surface area contributed by atoms with Crippen molar-refractivity contribution in [2.45, 2.75) is 18.6 Å². The zero-order chi connectivity index (χ0) is 19.2. The van der Waals surface area contributed by atoms with Crippen LogP contribution in [0.4, 0.5) is 5.69 Å². The SMILES string of the molecule is CN(C(=O)CS(=O)Cc1ccc(C(=O)N2CCCC2)cc1)c1ccccc1. The van der Waals surface area contributed by atoms with Crippen LogP contribution in [0.2, 0.25) is 0 Å². The number of carbonyl (C=O) groups is 2. The van der Waals surface area contributed by atoms with Crippen molar-refractivity contribution in [3.8, 4) is 0 Å². The van der Waals surface area contributed by atoms with E-state index < -0.39 is 10.8 Å². The fourth-order valence-electron chi connectivity index (χ4n) is 3.11. The molecule has 3 rings (SSSR count). The maximum Gasteiger partial charge on any atom is 0.253 e. The Hall–Kier alpha value is -2.47. The number of anilines is 1. The lowest BCUT2D eigenvalue weighted by Gasteiger charge is -2.17. The number of hydrogen-bond acceptors (Lipinski definition) is 3. The van der Waals surface area contributed by atoms with Gasteiger partial charge in [0, 0.05) is 47.9 Å². The summed E-state index contributed by atoms with van der Waals surface area (Å²) in [4.78, 5) is 28.1. The van der Waals surface area contributed by atoms with Crippen LogP contribution < -0.4 is 4.90 Å². The van der Waals surface area contributed by atoms with Crippen LogP contribution >= 0.6 is 0 Å². The van der Waals surface area contributed by atoms with Crippen LogP contribution in [-0.4, -0.2) is 46.8 Å². The van der Waals surface area contributed by atoms with Crippen molar-refractivity contribution in [3.63, 3.8) is 0 Å². The van der Waals surface area contributed by atoms with E-state index in [1.165, 1.54) is 4.90 Å². The third-order valence-electron chi connectivity index (χ3n) is 4.72. The number of rotatable bonds is 6. The molecular formula is C21H24N2O3S. The number of nitrogens with zero attached hydrogens (tertiary/aromatic N) is 2. The normalized spacial score (nSPS) is 14.8. The number of likely N-dealkylation sites (tertiary alicyclic amines) is 1. The van der Waals surface area contributed by atoms with Gasteiger partial charge in [0.2, 0.25) is 5.91 Å². The van der Waals surface area contributed by atoms with Gasteiger partial charge in [-0.2, -0.15) is 0 Å². The Morgan fingerprint density at radius 1 is 1.00 bits per heavy atom.